The Balaban J connectivity index is 3.14. The third-order valence-corrected chi connectivity index (χ3v) is 3.13. The summed E-state index contributed by atoms with van der Waals surface area (Å²) in [5.41, 5.74) is 2.53. The fourth-order valence-electron chi connectivity index (χ4n) is 1.18. The van der Waals surface area contributed by atoms with Crippen molar-refractivity contribution in [1.29, 1.82) is 5.26 Å². The Hall–Kier alpha value is -0.810. The normalized spacial score (nSPS) is 9.64. The highest BCUT2D eigenvalue weighted by Crippen LogP contribution is 2.26. The van der Waals surface area contributed by atoms with Crippen molar-refractivity contribution in [3.05, 3.63) is 20.9 Å². The van der Waals surface area contributed by atoms with E-state index in [4.69, 9.17) is 5.26 Å². The van der Waals surface area contributed by atoms with Gasteiger partial charge in [0.15, 0.2) is 0 Å². The zero-order valence-corrected chi connectivity index (χ0v) is 7.88. The number of nitriles is 1. The van der Waals surface area contributed by atoms with Crippen molar-refractivity contribution in [2.45, 2.75) is 27.2 Å². The molecule has 0 aliphatic heterocycles. The van der Waals surface area contributed by atoms with E-state index in [1.807, 2.05) is 0 Å². The fraction of sp³-hybridized carbons (Fsp3) is 0.444. The average Bonchev–Trinajstić information content (AvgIpc) is 2.17. The highest BCUT2D eigenvalue weighted by atomic mass is 32.1. The molecule has 0 fully saturated rings. The highest BCUT2D eigenvalue weighted by Gasteiger charge is 2.07. The van der Waals surface area contributed by atoms with Gasteiger partial charge in [-0.1, -0.05) is 0 Å². The van der Waals surface area contributed by atoms with Gasteiger partial charge in [0.2, 0.25) is 0 Å². The van der Waals surface area contributed by atoms with Crippen molar-refractivity contribution in [2.75, 3.05) is 0 Å². The number of hydrogen-bond acceptors (Lipinski definition) is 2. The molecule has 0 N–H and O–H groups in total. The Kier molecular flexibility index (Phi) is 2.31. The molecule has 0 unspecified atom stereocenters. The van der Waals surface area contributed by atoms with E-state index in [-0.39, 0.29) is 0 Å². The minimum absolute atomic E-state index is 0.558. The molecule has 0 aromatic carbocycles. The molecule has 0 saturated heterocycles. The zero-order valence-electron chi connectivity index (χ0n) is 7.06. The first-order valence-electron chi connectivity index (χ1n) is 3.59. The molecule has 0 spiro atoms. The lowest BCUT2D eigenvalue weighted by Gasteiger charge is -1.93. The number of aryl methyl sites for hydroxylation is 2. The van der Waals surface area contributed by atoms with Crippen molar-refractivity contribution < 1.29 is 0 Å². The Morgan fingerprint density at radius 3 is 2.27 bits per heavy atom. The predicted molar refractivity (Wildman–Crippen MR) is 47.8 cm³/mol. The van der Waals surface area contributed by atoms with Gasteiger partial charge in [-0.05, 0) is 31.9 Å². The van der Waals surface area contributed by atoms with E-state index in [9.17, 15) is 0 Å². The number of rotatable bonds is 1. The molecule has 0 aliphatic rings. The van der Waals surface area contributed by atoms with Crippen LogP contribution in [-0.2, 0) is 6.42 Å². The van der Waals surface area contributed by atoms with Gasteiger partial charge in [0.1, 0.15) is 0 Å². The largest absolute Gasteiger partial charge is 0.198 e. The van der Waals surface area contributed by atoms with E-state index in [1.165, 1.54) is 20.9 Å². The Bertz CT molecular complexity index is 304. The molecule has 0 amide bonds. The molecule has 2 heteroatoms. The molecule has 1 aromatic rings. The first-order valence-corrected chi connectivity index (χ1v) is 4.41. The topological polar surface area (TPSA) is 23.8 Å². The summed E-state index contributed by atoms with van der Waals surface area (Å²) in [7, 11) is 0. The summed E-state index contributed by atoms with van der Waals surface area (Å²) in [6.07, 6.45) is 0.558. The molecule has 58 valence electrons. The second-order valence-electron chi connectivity index (χ2n) is 2.65. The van der Waals surface area contributed by atoms with E-state index in [2.05, 4.69) is 26.8 Å². The van der Waals surface area contributed by atoms with Gasteiger partial charge in [0, 0.05) is 9.75 Å². The molecule has 0 atom stereocenters. The maximum Gasteiger partial charge on any atom is 0.0670 e. The van der Waals surface area contributed by atoms with Crippen LogP contribution in [0.25, 0.3) is 0 Å². The first-order chi connectivity index (χ1) is 5.16. The van der Waals surface area contributed by atoms with Crippen LogP contribution >= 0.6 is 11.3 Å². The van der Waals surface area contributed by atoms with Crippen LogP contribution in [0.1, 0.15) is 20.9 Å². The van der Waals surface area contributed by atoms with Crippen LogP contribution < -0.4 is 0 Å². The first kappa shape index (κ1) is 8.29. The van der Waals surface area contributed by atoms with Crippen molar-refractivity contribution in [3.8, 4) is 6.07 Å². The number of hydrogen-bond donors (Lipinski definition) is 0. The Labute approximate surface area is 71.3 Å². The van der Waals surface area contributed by atoms with Crippen molar-refractivity contribution in [3.63, 3.8) is 0 Å². The molecule has 0 bridgehead atoms. The monoisotopic (exact) mass is 165 g/mol. The van der Waals surface area contributed by atoms with Gasteiger partial charge in [-0.2, -0.15) is 5.26 Å². The fourth-order valence-corrected chi connectivity index (χ4v) is 2.26. The van der Waals surface area contributed by atoms with Crippen LogP contribution in [0.2, 0.25) is 0 Å². The van der Waals surface area contributed by atoms with Gasteiger partial charge in [0.25, 0.3) is 0 Å². The maximum absolute atomic E-state index is 8.53. The van der Waals surface area contributed by atoms with E-state index < -0.39 is 0 Å². The smallest absolute Gasteiger partial charge is 0.0670 e. The van der Waals surface area contributed by atoms with E-state index in [0.717, 1.165) is 0 Å². The summed E-state index contributed by atoms with van der Waals surface area (Å²) in [5, 5.41) is 8.53. The minimum Gasteiger partial charge on any atom is -0.198 e. The molecule has 11 heavy (non-hydrogen) atoms. The highest BCUT2D eigenvalue weighted by molar-refractivity contribution is 7.12. The van der Waals surface area contributed by atoms with Crippen molar-refractivity contribution in [1.82, 2.24) is 0 Å². The molecule has 1 rings (SSSR count). The van der Waals surface area contributed by atoms with Gasteiger partial charge in [-0.15, -0.1) is 11.3 Å². The summed E-state index contributed by atoms with van der Waals surface area (Å²) in [4.78, 5) is 2.63. The van der Waals surface area contributed by atoms with E-state index in [0.29, 0.717) is 6.42 Å². The van der Waals surface area contributed by atoms with Gasteiger partial charge in [-0.25, -0.2) is 0 Å². The molecular weight excluding hydrogens is 154 g/mol. The lowest BCUT2D eigenvalue weighted by atomic mass is 10.1. The van der Waals surface area contributed by atoms with Gasteiger partial charge in [0.05, 0.1) is 12.5 Å². The molecule has 0 radical (unpaired) electrons. The third kappa shape index (κ3) is 1.44. The molecule has 1 heterocycles. The van der Waals surface area contributed by atoms with E-state index >= 15 is 0 Å². The van der Waals surface area contributed by atoms with Crippen LogP contribution in [-0.4, -0.2) is 0 Å². The summed E-state index contributed by atoms with van der Waals surface area (Å²) < 4.78 is 0. The molecule has 0 aliphatic carbocycles. The molecule has 1 nitrogen and oxygen atoms in total. The van der Waals surface area contributed by atoms with Crippen LogP contribution in [0.5, 0.6) is 0 Å². The Morgan fingerprint density at radius 2 is 1.91 bits per heavy atom. The zero-order chi connectivity index (χ0) is 8.43. The number of thiophene rings is 1. The SMILES string of the molecule is Cc1sc(C)c(CC#N)c1C. The average molecular weight is 165 g/mol. The third-order valence-electron chi connectivity index (χ3n) is 1.97. The minimum atomic E-state index is 0.558. The quantitative estimate of drug-likeness (QED) is 0.627. The maximum atomic E-state index is 8.53. The lowest BCUT2D eigenvalue weighted by Crippen LogP contribution is -1.84. The van der Waals surface area contributed by atoms with Crippen molar-refractivity contribution >= 4 is 11.3 Å². The van der Waals surface area contributed by atoms with Gasteiger partial charge < -0.3 is 0 Å². The second-order valence-corrected chi connectivity index (χ2v) is 4.08. The van der Waals surface area contributed by atoms with Crippen LogP contribution in [0.15, 0.2) is 0 Å². The standard InChI is InChI=1S/C9H11NS/c1-6-7(2)11-8(3)9(6)4-5-10/h4H2,1-3H3. The summed E-state index contributed by atoms with van der Waals surface area (Å²) >= 11 is 1.78. The van der Waals surface area contributed by atoms with Gasteiger partial charge >= 0.3 is 0 Å². The van der Waals surface area contributed by atoms with E-state index in [1.54, 1.807) is 11.3 Å². The summed E-state index contributed by atoms with van der Waals surface area (Å²) in [6, 6.07) is 2.19. The number of nitrogens with zero attached hydrogens (tertiary/aromatic N) is 1. The molecular formula is C9H11NS. The van der Waals surface area contributed by atoms with Crippen LogP contribution in [0, 0.1) is 32.1 Å². The summed E-state index contributed by atoms with van der Waals surface area (Å²) in [5.74, 6) is 0. The molecule has 0 saturated carbocycles. The Morgan fingerprint density at radius 1 is 1.27 bits per heavy atom. The van der Waals surface area contributed by atoms with Crippen molar-refractivity contribution in [2.24, 2.45) is 0 Å². The van der Waals surface area contributed by atoms with Crippen LogP contribution in [0.3, 0.4) is 0 Å². The summed E-state index contributed by atoms with van der Waals surface area (Å²) in [6.45, 7) is 6.27. The van der Waals surface area contributed by atoms with Crippen LogP contribution in [0.4, 0.5) is 0 Å². The molecule has 1 aromatic heterocycles. The second kappa shape index (κ2) is 3.06. The lowest BCUT2D eigenvalue weighted by molar-refractivity contribution is 1.20. The van der Waals surface area contributed by atoms with Gasteiger partial charge in [-0.3, -0.25) is 0 Å². The predicted octanol–water partition coefficient (Wildman–Crippen LogP) is 2.74.